The first-order valence-corrected chi connectivity index (χ1v) is 12.5. The highest BCUT2D eigenvalue weighted by atomic mass is 32.2. The number of amides is 1. The van der Waals surface area contributed by atoms with Crippen molar-refractivity contribution in [2.45, 2.75) is 45.6 Å². The second-order valence-corrected chi connectivity index (χ2v) is 9.35. The maximum atomic E-state index is 12.8. The van der Waals surface area contributed by atoms with Gasteiger partial charge in [0, 0.05) is 31.2 Å². The minimum absolute atomic E-state index is 0.0498. The van der Waals surface area contributed by atoms with Gasteiger partial charge in [0.2, 0.25) is 5.91 Å². The molecule has 0 spiro atoms. The molecule has 1 amide bonds. The van der Waals surface area contributed by atoms with Crippen LogP contribution in [0.2, 0.25) is 0 Å². The molecular weight excluding hydrogens is 492 g/mol. The summed E-state index contributed by atoms with van der Waals surface area (Å²) in [7, 11) is 0. The van der Waals surface area contributed by atoms with Crippen molar-refractivity contribution in [2.75, 3.05) is 25.5 Å². The van der Waals surface area contributed by atoms with E-state index in [0.717, 1.165) is 11.8 Å². The first kappa shape index (κ1) is 28.8. The molecule has 1 heterocycles. The van der Waals surface area contributed by atoms with Crippen LogP contribution in [0.15, 0.2) is 30.3 Å². The molecule has 0 aliphatic carbocycles. The van der Waals surface area contributed by atoms with Gasteiger partial charge in [0.15, 0.2) is 5.12 Å². The Labute approximate surface area is 213 Å². The monoisotopic (exact) mass is 522 g/mol. The largest absolute Gasteiger partial charge is 0.463 e. The summed E-state index contributed by atoms with van der Waals surface area (Å²) < 4.78 is 10.5. The number of rotatable bonds is 13. The third kappa shape index (κ3) is 10.1. The fourth-order valence-corrected chi connectivity index (χ4v) is 4.06. The molecule has 0 bridgehead atoms. The van der Waals surface area contributed by atoms with E-state index >= 15 is 0 Å². The molecule has 1 saturated heterocycles. The minimum atomic E-state index is -0.870. The van der Waals surface area contributed by atoms with Crippen LogP contribution in [0.25, 0.3) is 6.08 Å². The predicted octanol–water partition coefficient (Wildman–Crippen LogP) is 3.04. The number of benzene rings is 1. The number of carbonyl (C=O) groups is 4. The van der Waals surface area contributed by atoms with Crippen LogP contribution >= 0.6 is 11.8 Å². The number of hydrogen-bond donors (Lipinski definition) is 0. The van der Waals surface area contributed by atoms with Crippen LogP contribution in [0, 0.1) is 16.0 Å². The molecule has 0 saturated carbocycles. The summed E-state index contributed by atoms with van der Waals surface area (Å²) in [5.41, 5.74) is 0.681. The normalized spacial score (nSPS) is 15.9. The highest BCUT2D eigenvalue weighted by Crippen LogP contribution is 2.24. The van der Waals surface area contributed by atoms with E-state index in [1.54, 1.807) is 37.3 Å². The lowest BCUT2D eigenvalue weighted by atomic mass is 10.1. The lowest BCUT2D eigenvalue weighted by Crippen LogP contribution is -2.45. The van der Waals surface area contributed by atoms with Crippen LogP contribution in [-0.2, 0) is 28.8 Å². The van der Waals surface area contributed by atoms with E-state index in [2.05, 4.69) is 4.84 Å². The minimum Gasteiger partial charge on any atom is -0.463 e. The standard InChI is InChI=1S/C24H30N2O9S/c1-17(16-36-18(2)27)23(29)25-13-5-6-21(25)24(30)35-20-10-7-19(8-11-20)9-12-22(28)33-14-3-4-15-34-26(31)32/h7-12,17,21H,3-6,13-16H2,1-2H3/b12-9+/t17-,21+/m1/s1. The zero-order valence-corrected chi connectivity index (χ0v) is 21.1. The van der Waals surface area contributed by atoms with Gasteiger partial charge < -0.3 is 19.2 Å². The van der Waals surface area contributed by atoms with Crippen molar-refractivity contribution >= 4 is 40.8 Å². The molecule has 1 fully saturated rings. The quantitative estimate of drug-likeness (QED) is 0.0947. The molecule has 11 nitrogen and oxygen atoms in total. The van der Waals surface area contributed by atoms with E-state index in [9.17, 15) is 29.3 Å². The third-order valence-corrected chi connectivity index (χ3v) is 6.33. The topological polar surface area (TPSA) is 142 Å². The number of hydrogen-bond acceptors (Lipinski definition) is 10. The average molecular weight is 523 g/mol. The maximum absolute atomic E-state index is 12.8. The van der Waals surface area contributed by atoms with Crippen LogP contribution < -0.4 is 4.74 Å². The SMILES string of the molecule is CC(=O)SC[C@@H](C)C(=O)N1CCC[C@H]1C(=O)Oc1ccc(/C=C/C(=O)OCCCCO[N+](=O)[O-])cc1. The summed E-state index contributed by atoms with van der Waals surface area (Å²) in [6, 6.07) is 5.85. The second-order valence-electron chi connectivity index (χ2n) is 8.15. The van der Waals surface area contributed by atoms with Crippen LogP contribution in [0.3, 0.4) is 0 Å². The molecule has 2 rings (SSSR count). The highest BCUT2D eigenvalue weighted by molar-refractivity contribution is 8.13. The van der Waals surface area contributed by atoms with Gasteiger partial charge in [-0.05, 0) is 49.5 Å². The molecule has 12 heteroatoms. The lowest BCUT2D eigenvalue weighted by Gasteiger charge is -2.26. The zero-order chi connectivity index (χ0) is 26.5. The summed E-state index contributed by atoms with van der Waals surface area (Å²) in [6.07, 6.45) is 4.84. The molecule has 1 aromatic rings. The number of nitrogens with zero attached hydrogens (tertiary/aromatic N) is 2. The summed E-state index contributed by atoms with van der Waals surface area (Å²) in [5.74, 6) is -0.928. The number of carbonyl (C=O) groups excluding carboxylic acids is 4. The summed E-state index contributed by atoms with van der Waals surface area (Å²) in [6.45, 7) is 3.74. The first-order valence-electron chi connectivity index (χ1n) is 11.5. The predicted molar refractivity (Wildman–Crippen MR) is 131 cm³/mol. The van der Waals surface area contributed by atoms with E-state index in [1.165, 1.54) is 17.9 Å². The van der Waals surface area contributed by atoms with E-state index in [1.807, 2.05) is 0 Å². The van der Waals surface area contributed by atoms with Crippen molar-refractivity contribution in [1.82, 2.24) is 4.90 Å². The van der Waals surface area contributed by atoms with Gasteiger partial charge in [0.1, 0.15) is 11.8 Å². The fraction of sp³-hybridized carbons (Fsp3) is 0.500. The average Bonchev–Trinajstić information content (AvgIpc) is 3.33. The van der Waals surface area contributed by atoms with Gasteiger partial charge in [-0.1, -0.05) is 30.8 Å². The number of thioether (sulfide) groups is 1. The van der Waals surface area contributed by atoms with Gasteiger partial charge in [-0.2, -0.15) is 0 Å². The summed E-state index contributed by atoms with van der Waals surface area (Å²) in [5, 5.41) is 9.11. The van der Waals surface area contributed by atoms with E-state index in [0.29, 0.717) is 49.3 Å². The van der Waals surface area contributed by atoms with Crippen molar-refractivity contribution in [3.05, 3.63) is 46.0 Å². The fourth-order valence-electron chi connectivity index (χ4n) is 3.43. The number of unbranched alkanes of at least 4 members (excludes halogenated alkanes) is 1. The molecule has 0 aromatic heterocycles. The Hall–Kier alpha value is -3.41. The van der Waals surface area contributed by atoms with Crippen molar-refractivity contribution in [3.8, 4) is 5.75 Å². The zero-order valence-electron chi connectivity index (χ0n) is 20.3. The molecule has 0 N–H and O–H groups in total. The van der Waals surface area contributed by atoms with Gasteiger partial charge in [-0.3, -0.25) is 9.59 Å². The Morgan fingerprint density at radius 2 is 1.89 bits per heavy atom. The van der Waals surface area contributed by atoms with Gasteiger partial charge in [0.05, 0.1) is 13.2 Å². The molecule has 1 aliphatic rings. The second kappa shape index (κ2) is 14.9. The number of esters is 2. The molecule has 1 aromatic carbocycles. The molecule has 1 aliphatic heterocycles. The third-order valence-electron chi connectivity index (χ3n) is 5.26. The smallest absolute Gasteiger partial charge is 0.334 e. The maximum Gasteiger partial charge on any atom is 0.334 e. The van der Waals surface area contributed by atoms with Crippen molar-refractivity contribution in [1.29, 1.82) is 0 Å². The molecule has 36 heavy (non-hydrogen) atoms. The molecule has 0 unspecified atom stereocenters. The summed E-state index contributed by atoms with van der Waals surface area (Å²) >= 11 is 1.09. The van der Waals surface area contributed by atoms with Crippen molar-refractivity contribution in [3.63, 3.8) is 0 Å². The molecular formula is C24H30N2O9S. The van der Waals surface area contributed by atoms with E-state index in [-0.39, 0.29) is 30.2 Å². The van der Waals surface area contributed by atoms with Gasteiger partial charge >= 0.3 is 11.9 Å². The van der Waals surface area contributed by atoms with Gasteiger partial charge in [-0.15, -0.1) is 10.1 Å². The van der Waals surface area contributed by atoms with Crippen LogP contribution in [-0.4, -0.2) is 64.5 Å². The van der Waals surface area contributed by atoms with Crippen molar-refractivity contribution in [2.24, 2.45) is 5.92 Å². The van der Waals surface area contributed by atoms with Crippen molar-refractivity contribution < 1.29 is 38.6 Å². The lowest BCUT2D eigenvalue weighted by molar-refractivity contribution is -0.757. The first-order chi connectivity index (χ1) is 17.2. The van der Waals surface area contributed by atoms with Crippen LogP contribution in [0.4, 0.5) is 0 Å². The Morgan fingerprint density at radius 3 is 2.56 bits per heavy atom. The van der Waals surface area contributed by atoms with E-state index < -0.39 is 23.1 Å². The Morgan fingerprint density at radius 1 is 1.19 bits per heavy atom. The Balaban J connectivity index is 1.80. The van der Waals surface area contributed by atoms with Gasteiger partial charge in [-0.25, -0.2) is 9.59 Å². The molecule has 0 radical (unpaired) electrons. The van der Waals surface area contributed by atoms with Crippen LogP contribution in [0.5, 0.6) is 5.75 Å². The number of likely N-dealkylation sites (tertiary alicyclic amines) is 1. The Kier molecular flexibility index (Phi) is 11.9. The highest BCUT2D eigenvalue weighted by Gasteiger charge is 2.37. The Bertz CT molecular complexity index is 965. The molecule has 196 valence electrons. The summed E-state index contributed by atoms with van der Waals surface area (Å²) in [4.78, 5) is 64.1. The van der Waals surface area contributed by atoms with E-state index in [4.69, 9.17) is 9.47 Å². The van der Waals surface area contributed by atoms with Gasteiger partial charge in [0.25, 0.3) is 5.09 Å². The molecule has 2 atom stereocenters. The number of ether oxygens (including phenoxy) is 2. The van der Waals surface area contributed by atoms with Crippen LogP contribution in [0.1, 0.15) is 45.1 Å².